The molecule has 1 amide bonds. The van der Waals surface area contributed by atoms with Crippen molar-refractivity contribution < 1.29 is 24.2 Å². The van der Waals surface area contributed by atoms with Crippen molar-refractivity contribution in [1.82, 2.24) is 9.80 Å². The first-order valence-corrected chi connectivity index (χ1v) is 12.2. The fourth-order valence-electron chi connectivity index (χ4n) is 4.41. The number of ether oxygens (including phenoxy) is 2. The van der Waals surface area contributed by atoms with Gasteiger partial charge in [-0.15, -0.1) is 0 Å². The number of aliphatic hydroxyl groups excluding tert-OH is 1. The third-order valence-electron chi connectivity index (χ3n) is 6.40. The van der Waals surface area contributed by atoms with Crippen LogP contribution >= 0.6 is 0 Å². The lowest BCUT2D eigenvalue weighted by molar-refractivity contribution is -0.140. The highest BCUT2D eigenvalue weighted by molar-refractivity contribution is 6.46. The van der Waals surface area contributed by atoms with Gasteiger partial charge in [0.1, 0.15) is 11.5 Å². The number of carbonyl (C=O) groups excluding carboxylic acids is 2. The van der Waals surface area contributed by atoms with Crippen molar-refractivity contribution in [3.05, 3.63) is 70.8 Å². The van der Waals surface area contributed by atoms with E-state index < -0.39 is 17.7 Å². The van der Waals surface area contributed by atoms with Crippen LogP contribution in [0.5, 0.6) is 5.75 Å². The molecule has 4 rings (SSSR count). The average molecular weight is 479 g/mol. The predicted molar refractivity (Wildman–Crippen MR) is 134 cm³/mol. The van der Waals surface area contributed by atoms with Crippen LogP contribution in [-0.4, -0.2) is 72.6 Å². The summed E-state index contributed by atoms with van der Waals surface area (Å²) in [6.45, 7) is 10.7. The molecular weight excluding hydrogens is 444 g/mol. The minimum atomic E-state index is -0.657. The maximum Gasteiger partial charge on any atom is 0.295 e. The van der Waals surface area contributed by atoms with Crippen molar-refractivity contribution in [2.45, 2.75) is 26.8 Å². The number of amides is 1. The topological polar surface area (TPSA) is 79.3 Å². The van der Waals surface area contributed by atoms with Crippen LogP contribution in [0.2, 0.25) is 0 Å². The summed E-state index contributed by atoms with van der Waals surface area (Å²) in [5.74, 6) is -0.321. The molecule has 7 heteroatoms. The predicted octanol–water partition coefficient (Wildman–Crippen LogP) is 3.78. The molecule has 0 aromatic heterocycles. The summed E-state index contributed by atoms with van der Waals surface area (Å²) in [5.41, 5.74) is 2.48. The second-order valence-corrected chi connectivity index (χ2v) is 9.59. The summed E-state index contributed by atoms with van der Waals surface area (Å²) in [5, 5.41) is 11.3. The van der Waals surface area contributed by atoms with E-state index in [0.717, 1.165) is 24.2 Å². The van der Waals surface area contributed by atoms with Crippen molar-refractivity contribution in [2.75, 3.05) is 46.0 Å². The van der Waals surface area contributed by atoms with Gasteiger partial charge in [0.05, 0.1) is 31.4 Å². The lowest BCUT2D eigenvalue weighted by Gasteiger charge is -2.31. The molecule has 2 aliphatic rings. The maximum atomic E-state index is 13.2. The lowest BCUT2D eigenvalue weighted by Crippen LogP contribution is -2.42. The molecule has 1 atom stereocenters. The van der Waals surface area contributed by atoms with Gasteiger partial charge in [0.15, 0.2) is 0 Å². The van der Waals surface area contributed by atoms with E-state index in [4.69, 9.17) is 9.47 Å². The molecule has 0 saturated carbocycles. The maximum absolute atomic E-state index is 13.2. The largest absolute Gasteiger partial charge is 0.507 e. The van der Waals surface area contributed by atoms with Crippen LogP contribution in [0, 0.1) is 12.8 Å². The molecule has 2 saturated heterocycles. The molecule has 7 nitrogen and oxygen atoms in total. The summed E-state index contributed by atoms with van der Waals surface area (Å²) < 4.78 is 11.2. The molecule has 1 N–H and O–H groups in total. The van der Waals surface area contributed by atoms with Gasteiger partial charge >= 0.3 is 0 Å². The Morgan fingerprint density at radius 3 is 2.31 bits per heavy atom. The molecule has 0 radical (unpaired) electrons. The number of aryl methyl sites for hydroxylation is 1. The van der Waals surface area contributed by atoms with Gasteiger partial charge in [-0.25, -0.2) is 0 Å². The van der Waals surface area contributed by atoms with E-state index in [-0.39, 0.29) is 11.3 Å². The zero-order valence-corrected chi connectivity index (χ0v) is 20.7. The molecule has 2 aliphatic heterocycles. The van der Waals surface area contributed by atoms with E-state index in [2.05, 4.69) is 18.7 Å². The van der Waals surface area contributed by atoms with E-state index in [0.29, 0.717) is 50.1 Å². The molecule has 2 aromatic carbocycles. The van der Waals surface area contributed by atoms with E-state index >= 15 is 0 Å². The quantitative estimate of drug-likeness (QED) is 0.353. The van der Waals surface area contributed by atoms with Gasteiger partial charge in [0.25, 0.3) is 11.7 Å². The van der Waals surface area contributed by atoms with Gasteiger partial charge in [-0.1, -0.05) is 43.7 Å². The Morgan fingerprint density at radius 2 is 1.69 bits per heavy atom. The normalized spacial score (nSPS) is 20.6. The molecule has 0 bridgehead atoms. The summed E-state index contributed by atoms with van der Waals surface area (Å²) in [6, 6.07) is 14.1. The fraction of sp³-hybridized carbons (Fsp3) is 0.429. The van der Waals surface area contributed by atoms with E-state index in [1.165, 1.54) is 0 Å². The van der Waals surface area contributed by atoms with Crippen LogP contribution < -0.4 is 4.74 Å². The molecule has 0 spiro atoms. The highest BCUT2D eigenvalue weighted by Gasteiger charge is 2.46. The SMILES string of the molecule is Cc1ccc([C@@H]2C(=C(O)c3ccc(OCC(C)C)cc3)C(=O)C(=O)N2CCN2CCOCC2)cc1. The summed E-state index contributed by atoms with van der Waals surface area (Å²) in [6.07, 6.45) is 0. The number of carbonyl (C=O) groups is 2. The Kier molecular flexibility index (Phi) is 7.88. The number of morpholine rings is 1. The number of ketones is 1. The summed E-state index contributed by atoms with van der Waals surface area (Å²) >= 11 is 0. The molecule has 2 heterocycles. The monoisotopic (exact) mass is 478 g/mol. The second kappa shape index (κ2) is 11.1. The van der Waals surface area contributed by atoms with E-state index in [9.17, 15) is 14.7 Å². The molecule has 0 aliphatic carbocycles. The summed E-state index contributed by atoms with van der Waals surface area (Å²) in [7, 11) is 0. The van der Waals surface area contributed by atoms with Crippen molar-refractivity contribution >= 4 is 17.4 Å². The number of Topliss-reactive ketones (excluding diaryl/α,β-unsaturated/α-hetero) is 1. The molecule has 186 valence electrons. The highest BCUT2D eigenvalue weighted by atomic mass is 16.5. The second-order valence-electron chi connectivity index (χ2n) is 9.59. The van der Waals surface area contributed by atoms with Gasteiger partial charge in [-0.2, -0.15) is 0 Å². The number of rotatable bonds is 8. The zero-order valence-electron chi connectivity index (χ0n) is 20.7. The number of nitrogens with zero attached hydrogens (tertiary/aromatic N) is 2. The standard InChI is InChI=1S/C28H34N2O5/c1-19(2)18-35-23-10-8-22(9-11-23)26(31)24-25(21-6-4-20(3)5-7-21)30(28(33)27(24)32)13-12-29-14-16-34-17-15-29/h4-11,19,25,31H,12-18H2,1-3H3/t25-/m1/s1. The first-order chi connectivity index (χ1) is 16.8. The third-order valence-corrected chi connectivity index (χ3v) is 6.40. The zero-order chi connectivity index (χ0) is 24.9. The first-order valence-electron chi connectivity index (χ1n) is 12.2. The van der Waals surface area contributed by atoms with Gasteiger partial charge in [-0.3, -0.25) is 14.5 Å². The third kappa shape index (κ3) is 5.74. The number of aliphatic hydroxyl groups is 1. The van der Waals surface area contributed by atoms with Crippen LogP contribution in [-0.2, 0) is 14.3 Å². The Morgan fingerprint density at radius 1 is 1.03 bits per heavy atom. The van der Waals surface area contributed by atoms with Gasteiger partial charge in [0, 0.05) is 31.7 Å². The summed E-state index contributed by atoms with van der Waals surface area (Å²) in [4.78, 5) is 30.2. The van der Waals surface area contributed by atoms with E-state index in [1.54, 1.807) is 29.2 Å². The lowest BCUT2D eigenvalue weighted by atomic mass is 9.94. The van der Waals surface area contributed by atoms with Crippen molar-refractivity contribution in [2.24, 2.45) is 5.92 Å². The van der Waals surface area contributed by atoms with E-state index in [1.807, 2.05) is 31.2 Å². The Hall–Kier alpha value is -3.16. The smallest absolute Gasteiger partial charge is 0.295 e. The van der Waals surface area contributed by atoms with Gasteiger partial charge in [0.2, 0.25) is 0 Å². The van der Waals surface area contributed by atoms with Crippen LogP contribution in [0.3, 0.4) is 0 Å². The van der Waals surface area contributed by atoms with Crippen LogP contribution in [0.15, 0.2) is 54.1 Å². The Labute approximate surface area is 206 Å². The number of hydrogen-bond acceptors (Lipinski definition) is 6. The average Bonchev–Trinajstić information content (AvgIpc) is 3.12. The van der Waals surface area contributed by atoms with Crippen LogP contribution in [0.25, 0.3) is 5.76 Å². The molecule has 2 fully saturated rings. The van der Waals surface area contributed by atoms with Crippen molar-refractivity contribution in [1.29, 1.82) is 0 Å². The number of likely N-dealkylation sites (tertiary alicyclic amines) is 1. The number of benzene rings is 2. The molecule has 2 aromatic rings. The molecule has 0 unspecified atom stereocenters. The Balaban J connectivity index is 1.66. The van der Waals surface area contributed by atoms with Crippen LogP contribution in [0.1, 0.15) is 36.6 Å². The van der Waals surface area contributed by atoms with Crippen molar-refractivity contribution in [3.63, 3.8) is 0 Å². The molecule has 35 heavy (non-hydrogen) atoms. The van der Waals surface area contributed by atoms with Gasteiger partial charge in [-0.05, 0) is 42.7 Å². The Bertz CT molecular complexity index is 1070. The first kappa shape index (κ1) is 24.9. The fourth-order valence-corrected chi connectivity index (χ4v) is 4.41. The number of hydrogen-bond donors (Lipinski definition) is 1. The van der Waals surface area contributed by atoms with Crippen LogP contribution in [0.4, 0.5) is 0 Å². The van der Waals surface area contributed by atoms with Gasteiger partial charge < -0.3 is 19.5 Å². The minimum Gasteiger partial charge on any atom is -0.507 e. The minimum absolute atomic E-state index is 0.122. The highest BCUT2D eigenvalue weighted by Crippen LogP contribution is 2.39. The molecular formula is C28H34N2O5. The van der Waals surface area contributed by atoms with Crippen molar-refractivity contribution in [3.8, 4) is 5.75 Å².